The molecule has 0 bridgehead atoms. The average molecular weight is 666 g/mol. The number of benzene rings is 7. The van der Waals surface area contributed by atoms with Crippen molar-refractivity contribution in [1.29, 1.82) is 0 Å². The van der Waals surface area contributed by atoms with E-state index in [1.54, 1.807) is 0 Å². The van der Waals surface area contributed by atoms with Gasteiger partial charge in [0.1, 0.15) is 0 Å². The second-order valence-corrected chi connectivity index (χ2v) is 13.1. The molecule has 1 aliphatic carbocycles. The first kappa shape index (κ1) is 29.9. The Morgan fingerprint density at radius 1 is 0.385 bits per heavy atom. The quantitative estimate of drug-likeness (QED) is 0.177. The molecule has 0 radical (unpaired) electrons. The van der Waals surface area contributed by atoms with Gasteiger partial charge >= 0.3 is 0 Å². The minimum atomic E-state index is -0.538. The monoisotopic (exact) mass is 665 g/mol. The number of imidazole rings is 1. The van der Waals surface area contributed by atoms with Crippen LogP contribution < -0.4 is 0 Å². The molecule has 0 N–H and O–H groups in total. The molecular weight excluding hydrogens is 635 g/mol. The van der Waals surface area contributed by atoms with Gasteiger partial charge in [-0.05, 0) is 63.7 Å². The zero-order valence-corrected chi connectivity index (χ0v) is 28.1. The van der Waals surface area contributed by atoms with Crippen LogP contribution in [0.25, 0.3) is 62.3 Å². The topological polar surface area (TPSA) is 56.5 Å². The Balaban J connectivity index is 1.23. The van der Waals surface area contributed by atoms with E-state index in [1.165, 1.54) is 27.8 Å². The maximum atomic E-state index is 5.23. The predicted molar refractivity (Wildman–Crippen MR) is 208 cm³/mol. The molecule has 5 heteroatoms. The van der Waals surface area contributed by atoms with E-state index in [4.69, 9.17) is 19.9 Å². The Hall–Kier alpha value is -6.98. The van der Waals surface area contributed by atoms with Crippen LogP contribution in [0.4, 0.5) is 0 Å². The second kappa shape index (κ2) is 12.1. The van der Waals surface area contributed by atoms with E-state index < -0.39 is 5.41 Å². The average Bonchev–Trinajstić information content (AvgIpc) is 3.77. The molecule has 0 fully saturated rings. The Morgan fingerprint density at radius 2 is 0.904 bits per heavy atom. The molecule has 7 aromatic carbocycles. The molecule has 0 aliphatic heterocycles. The fourth-order valence-corrected chi connectivity index (χ4v) is 7.94. The summed E-state index contributed by atoms with van der Waals surface area (Å²) in [6, 6.07) is 65.7. The summed E-state index contributed by atoms with van der Waals surface area (Å²) in [6.07, 6.45) is 0. The summed E-state index contributed by atoms with van der Waals surface area (Å²) >= 11 is 0. The first-order chi connectivity index (χ1) is 25.8. The van der Waals surface area contributed by atoms with E-state index >= 15 is 0 Å². The number of fused-ring (bicyclic) bond motifs is 4. The maximum absolute atomic E-state index is 5.23. The van der Waals surface area contributed by atoms with Gasteiger partial charge < -0.3 is 0 Å². The second-order valence-electron chi connectivity index (χ2n) is 13.1. The van der Waals surface area contributed by atoms with Crippen LogP contribution in [-0.4, -0.2) is 24.5 Å². The summed E-state index contributed by atoms with van der Waals surface area (Å²) in [5.41, 5.74) is 11.5. The highest BCUT2D eigenvalue weighted by atomic mass is 15.1. The summed E-state index contributed by atoms with van der Waals surface area (Å²) in [6.45, 7) is 0. The molecule has 10 rings (SSSR count). The molecule has 9 aromatic rings. The summed E-state index contributed by atoms with van der Waals surface area (Å²) in [7, 11) is 0. The number of rotatable bonds is 6. The van der Waals surface area contributed by atoms with Crippen LogP contribution in [-0.2, 0) is 5.41 Å². The normalized spacial score (nSPS) is 12.8. The zero-order valence-electron chi connectivity index (χ0n) is 28.1. The summed E-state index contributed by atoms with van der Waals surface area (Å²) in [5.74, 6) is 2.33. The number of para-hydroxylation sites is 3. The number of hydrogen-bond donors (Lipinski definition) is 0. The highest BCUT2D eigenvalue weighted by Crippen LogP contribution is 2.56. The van der Waals surface area contributed by atoms with Crippen LogP contribution in [0.2, 0.25) is 0 Å². The van der Waals surface area contributed by atoms with E-state index in [2.05, 4.69) is 126 Å². The van der Waals surface area contributed by atoms with Gasteiger partial charge in [0.2, 0.25) is 0 Å². The minimum absolute atomic E-state index is 0.503. The molecular formula is C47H31N5. The SMILES string of the molecule is c1ccc(-c2nc(-c3cccc(C4(c5ccccc5)c5ccccc5-c5ccccc54)c3)nc(-c3nc4ccccc4n3-c3ccccc3)n2)cc1. The molecule has 0 saturated heterocycles. The third-order valence-corrected chi connectivity index (χ3v) is 10.2. The first-order valence-electron chi connectivity index (χ1n) is 17.5. The van der Waals surface area contributed by atoms with Crippen molar-refractivity contribution < 1.29 is 0 Å². The van der Waals surface area contributed by atoms with Crippen LogP contribution in [0.3, 0.4) is 0 Å². The molecule has 2 heterocycles. The van der Waals surface area contributed by atoms with Crippen molar-refractivity contribution in [2.45, 2.75) is 5.41 Å². The molecule has 0 saturated carbocycles. The molecule has 0 unspecified atom stereocenters. The number of aromatic nitrogens is 5. The molecule has 5 nitrogen and oxygen atoms in total. The Kier molecular flexibility index (Phi) is 6.96. The van der Waals surface area contributed by atoms with Crippen molar-refractivity contribution in [3.63, 3.8) is 0 Å². The molecule has 1 aliphatic rings. The van der Waals surface area contributed by atoms with Gasteiger partial charge in [0, 0.05) is 16.8 Å². The van der Waals surface area contributed by atoms with Gasteiger partial charge in [0.05, 0.1) is 16.4 Å². The van der Waals surface area contributed by atoms with Crippen molar-refractivity contribution >= 4 is 11.0 Å². The lowest BCUT2D eigenvalue weighted by atomic mass is 9.67. The predicted octanol–water partition coefficient (Wildman–Crippen LogP) is 10.6. The third kappa shape index (κ3) is 4.63. The fourth-order valence-electron chi connectivity index (χ4n) is 7.94. The van der Waals surface area contributed by atoms with E-state index in [0.717, 1.165) is 33.4 Å². The van der Waals surface area contributed by atoms with Crippen molar-refractivity contribution in [2.75, 3.05) is 0 Å². The van der Waals surface area contributed by atoms with Gasteiger partial charge in [-0.25, -0.2) is 19.9 Å². The van der Waals surface area contributed by atoms with Gasteiger partial charge in [-0.15, -0.1) is 0 Å². The van der Waals surface area contributed by atoms with Gasteiger partial charge in [0.25, 0.3) is 0 Å². The van der Waals surface area contributed by atoms with Crippen LogP contribution in [0.15, 0.2) is 188 Å². The fraction of sp³-hybridized carbons (Fsp3) is 0.0213. The van der Waals surface area contributed by atoms with Crippen molar-refractivity contribution in [2.24, 2.45) is 0 Å². The Morgan fingerprint density at radius 3 is 1.62 bits per heavy atom. The molecule has 0 spiro atoms. The van der Waals surface area contributed by atoms with Crippen molar-refractivity contribution in [3.05, 3.63) is 210 Å². The highest BCUT2D eigenvalue weighted by molar-refractivity contribution is 5.87. The lowest BCUT2D eigenvalue weighted by molar-refractivity contribution is 0.768. The maximum Gasteiger partial charge on any atom is 0.200 e. The van der Waals surface area contributed by atoms with E-state index in [1.807, 2.05) is 66.7 Å². The molecule has 0 amide bonds. The van der Waals surface area contributed by atoms with Crippen LogP contribution in [0, 0.1) is 0 Å². The standard InChI is InChI=1S/C47H31N5/c1-4-17-32(18-5-1)43-49-44(51-45(50-43)46-48-41-29-14-15-30-42(41)52(46)36-23-8-3-9-24-36)33-19-16-22-35(31-33)47(34-20-6-2-7-21-34)39-27-12-10-25-37(39)38-26-11-13-28-40(38)47/h1-31H. The molecule has 2 aromatic heterocycles. The van der Waals surface area contributed by atoms with Gasteiger partial charge in [-0.3, -0.25) is 4.57 Å². The lowest BCUT2D eigenvalue weighted by Gasteiger charge is -2.34. The largest absolute Gasteiger partial charge is 0.290 e. The Bertz CT molecular complexity index is 2690. The van der Waals surface area contributed by atoms with E-state index in [0.29, 0.717) is 23.3 Å². The van der Waals surface area contributed by atoms with Crippen LogP contribution in [0.1, 0.15) is 22.3 Å². The smallest absolute Gasteiger partial charge is 0.200 e. The van der Waals surface area contributed by atoms with Crippen LogP contribution >= 0.6 is 0 Å². The lowest BCUT2D eigenvalue weighted by Crippen LogP contribution is -2.28. The summed E-state index contributed by atoms with van der Waals surface area (Å²) in [4.78, 5) is 20.6. The molecule has 0 atom stereocenters. The van der Waals surface area contributed by atoms with E-state index in [-0.39, 0.29) is 0 Å². The number of hydrogen-bond acceptors (Lipinski definition) is 4. The summed E-state index contributed by atoms with van der Waals surface area (Å²) in [5, 5.41) is 0. The van der Waals surface area contributed by atoms with Crippen molar-refractivity contribution in [1.82, 2.24) is 24.5 Å². The van der Waals surface area contributed by atoms with Gasteiger partial charge in [0.15, 0.2) is 23.3 Å². The minimum Gasteiger partial charge on any atom is -0.290 e. The molecule has 244 valence electrons. The first-order valence-corrected chi connectivity index (χ1v) is 17.5. The zero-order chi connectivity index (χ0) is 34.5. The van der Waals surface area contributed by atoms with Crippen molar-refractivity contribution in [3.8, 4) is 51.2 Å². The third-order valence-electron chi connectivity index (χ3n) is 10.2. The van der Waals surface area contributed by atoms with Gasteiger partial charge in [-0.1, -0.05) is 158 Å². The number of nitrogens with zero attached hydrogens (tertiary/aromatic N) is 5. The summed E-state index contributed by atoms with van der Waals surface area (Å²) < 4.78 is 2.14. The van der Waals surface area contributed by atoms with Crippen LogP contribution in [0.5, 0.6) is 0 Å². The van der Waals surface area contributed by atoms with Gasteiger partial charge in [-0.2, -0.15) is 0 Å². The van der Waals surface area contributed by atoms with E-state index in [9.17, 15) is 0 Å². The molecule has 52 heavy (non-hydrogen) atoms. The Labute approximate surface area is 301 Å². The highest BCUT2D eigenvalue weighted by Gasteiger charge is 2.45.